The number of pyridine rings is 2. The van der Waals surface area contributed by atoms with E-state index in [9.17, 15) is 13.2 Å². The minimum atomic E-state index is -3.67. The maximum atomic E-state index is 13.5. The molecule has 0 amide bonds. The van der Waals surface area contributed by atoms with E-state index in [1.165, 1.54) is 32.7 Å². The SMILES string of the molecule is COc1ccc2[nH]c3c(C)c4ccnc(NCCCN(C)CCCNc5ccc6nnn7c8ccccc8c(=O)c5c67)c4c(C)c3c2c1.CS(=O)(=O)O. The molecule has 0 unspecified atom stereocenters. The lowest BCUT2D eigenvalue weighted by Crippen LogP contribution is -2.24. The highest BCUT2D eigenvalue weighted by Crippen LogP contribution is 2.39. The largest absolute Gasteiger partial charge is 0.497 e. The molecule has 14 heteroatoms. The number of ether oxygens (including phenoxy) is 1. The van der Waals surface area contributed by atoms with Crippen LogP contribution in [0.25, 0.3) is 59.9 Å². The number of fused-ring (bicyclic) bond motifs is 6. The molecule has 0 aliphatic heterocycles. The van der Waals surface area contributed by atoms with Crippen molar-refractivity contribution in [3.63, 3.8) is 0 Å². The van der Waals surface area contributed by atoms with E-state index in [2.05, 4.69) is 69.9 Å². The minimum Gasteiger partial charge on any atom is -0.497 e. The zero-order valence-corrected chi connectivity index (χ0v) is 31.1. The van der Waals surface area contributed by atoms with E-state index in [-0.39, 0.29) is 5.43 Å². The van der Waals surface area contributed by atoms with Gasteiger partial charge in [0.25, 0.3) is 10.1 Å². The van der Waals surface area contributed by atoms with Crippen LogP contribution in [0, 0.1) is 13.8 Å². The Morgan fingerprint density at radius 2 is 1.64 bits per heavy atom. The molecule has 0 aliphatic carbocycles. The summed E-state index contributed by atoms with van der Waals surface area (Å²) >= 11 is 0. The fourth-order valence-corrected chi connectivity index (χ4v) is 7.30. The van der Waals surface area contributed by atoms with Crippen molar-refractivity contribution in [1.29, 1.82) is 0 Å². The number of aryl methyl sites for hydroxylation is 2. The molecule has 274 valence electrons. The Balaban J connectivity index is 0.000000817. The summed E-state index contributed by atoms with van der Waals surface area (Å²) in [5.41, 5.74) is 7.81. The third-order valence-electron chi connectivity index (χ3n) is 9.74. The topological polar surface area (TPSA) is 167 Å². The smallest absolute Gasteiger partial charge is 0.261 e. The van der Waals surface area contributed by atoms with Crippen molar-refractivity contribution >= 4 is 81.5 Å². The number of nitrogens with zero attached hydrogens (tertiary/aromatic N) is 5. The van der Waals surface area contributed by atoms with E-state index < -0.39 is 10.1 Å². The third kappa shape index (κ3) is 7.00. The predicted molar refractivity (Wildman–Crippen MR) is 214 cm³/mol. The van der Waals surface area contributed by atoms with Gasteiger partial charge in [0, 0.05) is 52.0 Å². The number of rotatable bonds is 11. The van der Waals surface area contributed by atoms with Crippen LogP contribution in [0.5, 0.6) is 5.75 Å². The highest BCUT2D eigenvalue weighted by atomic mass is 32.2. The van der Waals surface area contributed by atoms with Crippen LogP contribution >= 0.6 is 0 Å². The van der Waals surface area contributed by atoms with E-state index >= 15 is 0 Å². The molecule has 13 nitrogen and oxygen atoms in total. The van der Waals surface area contributed by atoms with E-state index in [0.717, 1.165) is 83.9 Å². The van der Waals surface area contributed by atoms with Gasteiger partial charge in [-0.2, -0.15) is 8.42 Å². The van der Waals surface area contributed by atoms with Crippen LogP contribution < -0.4 is 20.8 Å². The van der Waals surface area contributed by atoms with Crippen LogP contribution in [0.15, 0.2) is 71.7 Å². The predicted octanol–water partition coefficient (Wildman–Crippen LogP) is 6.38. The zero-order chi connectivity index (χ0) is 37.4. The molecule has 4 heterocycles. The second-order valence-corrected chi connectivity index (χ2v) is 14.9. The van der Waals surface area contributed by atoms with Gasteiger partial charge in [0.1, 0.15) is 22.6 Å². The maximum Gasteiger partial charge on any atom is 0.261 e. The Morgan fingerprint density at radius 3 is 2.40 bits per heavy atom. The van der Waals surface area contributed by atoms with E-state index in [4.69, 9.17) is 14.3 Å². The highest BCUT2D eigenvalue weighted by Gasteiger charge is 2.19. The first-order valence-corrected chi connectivity index (χ1v) is 19.3. The molecule has 0 saturated heterocycles. The molecule has 8 rings (SSSR count). The number of aromatic nitrogens is 5. The van der Waals surface area contributed by atoms with Gasteiger partial charge < -0.3 is 25.3 Å². The highest BCUT2D eigenvalue weighted by molar-refractivity contribution is 7.85. The van der Waals surface area contributed by atoms with Crippen molar-refractivity contribution in [3.05, 3.63) is 88.2 Å². The van der Waals surface area contributed by atoms with Crippen LogP contribution in [0.1, 0.15) is 24.0 Å². The number of hydrogen-bond donors (Lipinski definition) is 4. The number of anilines is 2. The lowest BCUT2D eigenvalue weighted by Gasteiger charge is -2.18. The number of nitrogens with one attached hydrogen (secondary N) is 3. The molecule has 0 saturated carbocycles. The van der Waals surface area contributed by atoms with Gasteiger partial charge in [0.05, 0.1) is 29.8 Å². The molecule has 0 spiro atoms. The summed E-state index contributed by atoms with van der Waals surface area (Å²) in [6.07, 6.45) is 4.54. The summed E-state index contributed by atoms with van der Waals surface area (Å²) in [5, 5.41) is 21.9. The van der Waals surface area contributed by atoms with Gasteiger partial charge in [-0.15, -0.1) is 5.10 Å². The van der Waals surface area contributed by atoms with E-state index in [1.54, 1.807) is 11.6 Å². The molecule has 0 bridgehead atoms. The van der Waals surface area contributed by atoms with Gasteiger partial charge in [-0.05, 0) is 112 Å². The number of aromatic amines is 1. The van der Waals surface area contributed by atoms with Crippen molar-refractivity contribution in [1.82, 2.24) is 29.7 Å². The number of hydrogen-bond acceptors (Lipinski definition) is 10. The first-order chi connectivity index (χ1) is 25.4. The molecular formula is C39H42N8O5S. The average molecular weight is 735 g/mol. The standard InChI is InChI=1S/C38H38N8O2.CH4O3S/c1-22-25-15-18-41-38(33(25)23(2)32-27-21-24(48-4)11-12-28(27)42-35(22)32)40-17-8-20-45(3)19-7-16-39-29-13-14-30-36-34(29)37(47)26-9-5-6-10-31(26)46(36)44-43-30;1-5(2,3)4/h5-6,9-15,18,21,39,42H,7-8,16-17,19-20H2,1-4H3,(H,40,41);1H3,(H,2,3,4). The number of methoxy groups -OCH3 is 1. The number of para-hydroxylation sites is 1. The third-order valence-corrected chi connectivity index (χ3v) is 9.74. The van der Waals surface area contributed by atoms with E-state index in [0.29, 0.717) is 17.0 Å². The lowest BCUT2D eigenvalue weighted by molar-refractivity contribution is 0.331. The molecule has 4 aromatic heterocycles. The summed E-state index contributed by atoms with van der Waals surface area (Å²) in [6, 6.07) is 19.8. The Bertz CT molecular complexity index is 2790. The first kappa shape index (κ1) is 35.8. The van der Waals surface area contributed by atoms with Crippen LogP contribution in [0.3, 0.4) is 0 Å². The Morgan fingerprint density at radius 1 is 0.906 bits per heavy atom. The van der Waals surface area contributed by atoms with Crippen LogP contribution in [-0.4, -0.2) is 89.3 Å². The van der Waals surface area contributed by atoms with Crippen LogP contribution in [0.2, 0.25) is 0 Å². The van der Waals surface area contributed by atoms with E-state index in [1.807, 2.05) is 48.7 Å². The molecule has 53 heavy (non-hydrogen) atoms. The molecule has 8 aromatic rings. The molecule has 0 fully saturated rings. The fourth-order valence-electron chi connectivity index (χ4n) is 7.30. The Labute approximate surface area is 306 Å². The summed E-state index contributed by atoms with van der Waals surface area (Å²) in [4.78, 5) is 24.3. The molecule has 4 aromatic carbocycles. The van der Waals surface area contributed by atoms with Crippen molar-refractivity contribution in [2.24, 2.45) is 0 Å². The van der Waals surface area contributed by atoms with Gasteiger partial charge in [-0.3, -0.25) is 9.35 Å². The minimum absolute atomic E-state index is 0.00950. The van der Waals surface area contributed by atoms with Gasteiger partial charge >= 0.3 is 0 Å². The van der Waals surface area contributed by atoms with Crippen LogP contribution in [-0.2, 0) is 10.1 Å². The molecular weight excluding hydrogens is 693 g/mol. The van der Waals surface area contributed by atoms with Gasteiger partial charge in [0.2, 0.25) is 0 Å². The monoisotopic (exact) mass is 734 g/mol. The van der Waals surface area contributed by atoms with Gasteiger partial charge in [-0.1, -0.05) is 17.3 Å². The van der Waals surface area contributed by atoms with Gasteiger partial charge in [-0.25, -0.2) is 9.50 Å². The molecule has 0 aliphatic rings. The zero-order valence-electron chi connectivity index (χ0n) is 30.3. The average Bonchev–Trinajstić information content (AvgIpc) is 3.75. The van der Waals surface area contributed by atoms with Gasteiger partial charge in [0.15, 0.2) is 5.43 Å². The van der Waals surface area contributed by atoms with Crippen molar-refractivity contribution in [2.75, 3.05) is 57.2 Å². The Kier molecular flexibility index (Phi) is 9.77. The second-order valence-electron chi connectivity index (χ2n) is 13.4. The summed E-state index contributed by atoms with van der Waals surface area (Å²) in [5.74, 6) is 1.77. The second kappa shape index (κ2) is 14.5. The van der Waals surface area contributed by atoms with Crippen molar-refractivity contribution in [2.45, 2.75) is 26.7 Å². The summed E-state index contributed by atoms with van der Waals surface area (Å²) < 4.78 is 33.2. The van der Waals surface area contributed by atoms with Crippen molar-refractivity contribution < 1.29 is 17.7 Å². The normalized spacial score (nSPS) is 12.1. The Hall–Kier alpha value is -5.57. The summed E-state index contributed by atoms with van der Waals surface area (Å²) in [7, 11) is 0.199. The van der Waals surface area contributed by atoms with Crippen molar-refractivity contribution in [3.8, 4) is 5.75 Å². The first-order valence-electron chi connectivity index (χ1n) is 17.4. The maximum absolute atomic E-state index is 13.5. The quantitative estimate of drug-likeness (QED) is 0.0662. The lowest BCUT2D eigenvalue weighted by atomic mass is 9.96. The summed E-state index contributed by atoms with van der Waals surface area (Å²) in [6.45, 7) is 7.85. The molecule has 0 atom stereocenters. The fraction of sp³-hybridized carbons (Fsp3) is 0.282. The molecule has 0 radical (unpaired) electrons. The molecule has 4 N–H and O–H groups in total. The number of H-pyrrole nitrogens is 1. The number of benzene rings is 4. The van der Waals surface area contributed by atoms with Crippen LogP contribution in [0.4, 0.5) is 11.5 Å².